The zero-order chi connectivity index (χ0) is 22.1. The largest absolute Gasteiger partial charge is 0.447 e. The number of cyclic esters (lactones) is 1. The molecular formula is C25H32N2O4. The van der Waals surface area contributed by atoms with Crippen molar-refractivity contribution in [2.24, 2.45) is 5.92 Å². The van der Waals surface area contributed by atoms with Crippen LogP contribution >= 0.6 is 0 Å². The molecular weight excluding hydrogens is 392 g/mol. The third-order valence-electron chi connectivity index (χ3n) is 5.65. The molecule has 1 aliphatic rings. The molecule has 6 nitrogen and oxygen atoms in total. The summed E-state index contributed by atoms with van der Waals surface area (Å²) < 4.78 is 5.26. The van der Waals surface area contributed by atoms with E-state index in [4.69, 9.17) is 9.57 Å². The van der Waals surface area contributed by atoms with E-state index in [1.54, 1.807) is 0 Å². The van der Waals surface area contributed by atoms with E-state index >= 15 is 0 Å². The molecule has 3 rings (SSSR count). The number of hydroxylamine groups is 1. The lowest BCUT2D eigenvalue weighted by atomic mass is 9.93. The third kappa shape index (κ3) is 6.39. The Kier molecular flexibility index (Phi) is 8.62. The van der Waals surface area contributed by atoms with Crippen LogP contribution in [0.1, 0.15) is 44.2 Å². The number of nitrogens with one attached hydrogen (secondary N) is 1. The average molecular weight is 425 g/mol. The van der Waals surface area contributed by atoms with Crippen LogP contribution in [0.3, 0.4) is 0 Å². The molecule has 1 fully saturated rings. The molecule has 2 amide bonds. The summed E-state index contributed by atoms with van der Waals surface area (Å²) in [7, 11) is 0. The van der Waals surface area contributed by atoms with Crippen molar-refractivity contribution in [3.8, 4) is 0 Å². The molecule has 2 aromatic carbocycles. The molecule has 3 atom stereocenters. The lowest BCUT2D eigenvalue weighted by Crippen LogP contribution is -2.49. The summed E-state index contributed by atoms with van der Waals surface area (Å²) in [5.74, 6) is -0.570. The number of rotatable bonds is 11. The quantitative estimate of drug-likeness (QED) is 0.538. The van der Waals surface area contributed by atoms with Gasteiger partial charge in [-0.1, -0.05) is 80.4 Å². The van der Waals surface area contributed by atoms with Crippen LogP contribution in [-0.2, 0) is 27.4 Å². The first kappa shape index (κ1) is 23.0. The summed E-state index contributed by atoms with van der Waals surface area (Å²) in [6.07, 6.45) is 2.59. The van der Waals surface area contributed by atoms with Crippen LogP contribution in [0.2, 0.25) is 0 Å². The lowest BCUT2D eigenvalue weighted by molar-refractivity contribution is -0.136. The average Bonchev–Trinajstić information content (AvgIpc) is 3.15. The number of ether oxygens (including phenoxy) is 1. The van der Waals surface area contributed by atoms with Crippen LogP contribution in [0, 0.1) is 5.92 Å². The highest BCUT2D eigenvalue weighted by Gasteiger charge is 2.42. The third-order valence-corrected chi connectivity index (χ3v) is 5.65. The molecule has 0 bridgehead atoms. The topological polar surface area (TPSA) is 67.9 Å². The Morgan fingerprint density at radius 1 is 1.13 bits per heavy atom. The molecule has 1 aliphatic heterocycles. The van der Waals surface area contributed by atoms with Crippen LogP contribution in [-0.4, -0.2) is 35.6 Å². The molecule has 6 heteroatoms. The van der Waals surface area contributed by atoms with Gasteiger partial charge in [-0.2, -0.15) is 5.48 Å². The van der Waals surface area contributed by atoms with Crippen molar-refractivity contribution in [1.82, 2.24) is 10.4 Å². The number of nitrogens with zero attached hydrogens (tertiary/aromatic N) is 1. The molecule has 166 valence electrons. The zero-order valence-corrected chi connectivity index (χ0v) is 18.3. The highest BCUT2D eigenvalue weighted by Crippen LogP contribution is 2.24. The van der Waals surface area contributed by atoms with Crippen molar-refractivity contribution in [2.45, 2.75) is 58.2 Å². The van der Waals surface area contributed by atoms with Gasteiger partial charge >= 0.3 is 6.09 Å². The maximum atomic E-state index is 13.5. The summed E-state index contributed by atoms with van der Waals surface area (Å²) in [4.78, 5) is 32.9. The van der Waals surface area contributed by atoms with Crippen LogP contribution in [0.4, 0.5) is 4.79 Å². The zero-order valence-electron chi connectivity index (χ0n) is 18.3. The highest BCUT2D eigenvalue weighted by atomic mass is 16.6. The normalized spacial score (nSPS) is 17.9. The fourth-order valence-corrected chi connectivity index (χ4v) is 3.87. The lowest BCUT2D eigenvalue weighted by Gasteiger charge is -2.29. The van der Waals surface area contributed by atoms with E-state index in [0.717, 1.165) is 24.0 Å². The summed E-state index contributed by atoms with van der Waals surface area (Å²) in [6, 6.07) is 19.2. The Morgan fingerprint density at radius 2 is 1.77 bits per heavy atom. The van der Waals surface area contributed by atoms with Crippen molar-refractivity contribution in [1.29, 1.82) is 0 Å². The van der Waals surface area contributed by atoms with Gasteiger partial charge in [0, 0.05) is 6.04 Å². The molecule has 1 N–H and O–H groups in total. The van der Waals surface area contributed by atoms with Gasteiger partial charge in [0.05, 0.1) is 18.6 Å². The van der Waals surface area contributed by atoms with E-state index in [2.05, 4.69) is 12.4 Å². The van der Waals surface area contributed by atoms with Crippen molar-refractivity contribution in [2.75, 3.05) is 6.61 Å². The molecule has 1 unspecified atom stereocenters. The first-order valence-corrected chi connectivity index (χ1v) is 11.0. The van der Waals surface area contributed by atoms with E-state index in [9.17, 15) is 9.59 Å². The Balaban J connectivity index is 1.65. The molecule has 0 saturated carbocycles. The summed E-state index contributed by atoms with van der Waals surface area (Å²) in [5.41, 5.74) is 5.15. The van der Waals surface area contributed by atoms with Gasteiger partial charge in [0.2, 0.25) is 5.91 Å². The van der Waals surface area contributed by atoms with Crippen molar-refractivity contribution in [3.05, 3.63) is 71.8 Å². The Labute approximate surface area is 184 Å². The molecule has 2 aromatic rings. The minimum Gasteiger partial charge on any atom is -0.447 e. The van der Waals surface area contributed by atoms with Crippen LogP contribution in [0.25, 0.3) is 0 Å². The van der Waals surface area contributed by atoms with Crippen LogP contribution < -0.4 is 5.48 Å². The molecule has 31 heavy (non-hydrogen) atoms. The molecule has 0 radical (unpaired) electrons. The van der Waals surface area contributed by atoms with Crippen molar-refractivity contribution >= 4 is 12.0 Å². The number of benzene rings is 2. The number of hydrogen-bond acceptors (Lipinski definition) is 5. The minimum absolute atomic E-state index is 0.194. The summed E-state index contributed by atoms with van der Waals surface area (Å²) in [6.45, 7) is 4.65. The van der Waals surface area contributed by atoms with E-state index < -0.39 is 6.09 Å². The van der Waals surface area contributed by atoms with E-state index in [1.165, 1.54) is 4.90 Å². The summed E-state index contributed by atoms with van der Waals surface area (Å²) in [5, 5.41) is 0. The van der Waals surface area contributed by atoms with Gasteiger partial charge in [0.15, 0.2) is 0 Å². The smallest absolute Gasteiger partial charge is 0.416 e. The molecule has 1 saturated heterocycles. The second kappa shape index (κ2) is 11.6. The highest BCUT2D eigenvalue weighted by molar-refractivity contribution is 5.95. The van der Waals surface area contributed by atoms with Gasteiger partial charge in [-0.05, 0) is 30.9 Å². The SMILES string of the molecule is CCCC[C@@H](C(=O)N1C(=O)OC[C@@H]1Cc1ccccc1)C(C)NOCc1ccccc1. The first-order valence-electron chi connectivity index (χ1n) is 11.0. The number of imide groups is 1. The van der Waals surface area contributed by atoms with E-state index in [-0.39, 0.29) is 30.5 Å². The van der Waals surface area contributed by atoms with Crippen LogP contribution in [0.15, 0.2) is 60.7 Å². The second-order valence-corrected chi connectivity index (χ2v) is 8.06. The number of amides is 2. The fraction of sp³-hybridized carbons (Fsp3) is 0.440. The number of unbranched alkanes of at least 4 members (excludes halogenated alkanes) is 1. The fourth-order valence-electron chi connectivity index (χ4n) is 3.87. The Bertz CT molecular complexity index is 828. The molecule has 1 heterocycles. The Hall–Kier alpha value is -2.70. The number of hydrogen-bond donors (Lipinski definition) is 1. The standard InChI is InChI=1S/C25H32N2O4/c1-3-4-15-23(19(2)26-31-17-21-13-9-6-10-14-21)24(28)27-22(18-30-25(27)29)16-20-11-7-5-8-12-20/h5-14,19,22-23,26H,3-4,15-18H2,1-2H3/t19?,22-,23+/m0/s1. The van der Waals surface area contributed by atoms with Crippen molar-refractivity contribution < 1.29 is 19.2 Å². The van der Waals surface area contributed by atoms with Gasteiger partial charge in [0.25, 0.3) is 0 Å². The van der Waals surface area contributed by atoms with Gasteiger partial charge < -0.3 is 4.74 Å². The number of carbonyl (C=O) groups excluding carboxylic acids is 2. The monoisotopic (exact) mass is 424 g/mol. The maximum absolute atomic E-state index is 13.5. The number of carbonyl (C=O) groups is 2. The van der Waals surface area contributed by atoms with Gasteiger partial charge in [-0.15, -0.1) is 0 Å². The molecule has 0 spiro atoms. The van der Waals surface area contributed by atoms with Gasteiger partial charge in [-0.3, -0.25) is 9.63 Å². The Morgan fingerprint density at radius 3 is 2.42 bits per heavy atom. The van der Waals surface area contributed by atoms with Gasteiger partial charge in [0.1, 0.15) is 6.61 Å². The first-order chi connectivity index (χ1) is 15.1. The van der Waals surface area contributed by atoms with E-state index in [1.807, 2.05) is 67.6 Å². The summed E-state index contributed by atoms with van der Waals surface area (Å²) >= 11 is 0. The predicted molar refractivity (Wildman–Crippen MR) is 119 cm³/mol. The second-order valence-electron chi connectivity index (χ2n) is 8.06. The van der Waals surface area contributed by atoms with Crippen molar-refractivity contribution in [3.63, 3.8) is 0 Å². The predicted octanol–water partition coefficient (Wildman–Crippen LogP) is 4.49. The van der Waals surface area contributed by atoms with E-state index in [0.29, 0.717) is 19.4 Å². The van der Waals surface area contributed by atoms with Crippen LogP contribution in [0.5, 0.6) is 0 Å². The maximum Gasteiger partial charge on any atom is 0.416 e. The minimum atomic E-state index is -0.551. The van der Waals surface area contributed by atoms with Gasteiger partial charge in [-0.25, -0.2) is 9.69 Å². The molecule has 0 aliphatic carbocycles. The molecule has 0 aromatic heterocycles.